The van der Waals surface area contributed by atoms with Gasteiger partial charge in [0.2, 0.25) is 5.95 Å². The average molecular weight is 387 g/mol. The van der Waals surface area contributed by atoms with Gasteiger partial charge in [-0.3, -0.25) is 0 Å². The van der Waals surface area contributed by atoms with Gasteiger partial charge in [-0.25, -0.2) is 4.98 Å². The molecule has 3 rings (SSSR count). The van der Waals surface area contributed by atoms with Crippen molar-refractivity contribution in [3.63, 3.8) is 0 Å². The summed E-state index contributed by atoms with van der Waals surface area (Å²) in [6, 6.07) is 9.95. The van der Waals surface area contributed by atoms with Crippen molar-refractivity contribution >= 4 is 33.4 Å². The lowest BCUT2D eigenvalue weighted by atomic mass is 9.97. The molecule has 5 heteroatoms. The summed E-state index contributed by atoms with van der Waals surface area (Å²) in [5.74, 6) is 1.48. The first-order valence-corrected chi connectivity index (χ1v) is 9.29. The Bertz CT molecular complexity index is 727. The molecule has 0 aliphatic heterocycles. The van der Waals surface area contributed by atoms with E-state index in [1.807, 2.05) is 37.3 Å². The third kappa shape index (κ3) is 4.81. The van der Waals surface area contributed by atoms with Crippen LogP contribution >= 0.6 is 15.9 Å². The lowest BCUT2D eigenvalue weighted by Crippen LogP contribution is -2.08. The summed E-state index contributed by atoms with van der Waals surface area (Å²) in [6.45, 7) is 2.90. The predicted octanol–water partition coefficient (Wildman–Crippen LogP) is 5.59. The Labute approximate surface area is 151 Å². The maximum absolute atomic E-state index is 4.58. The van der Waals surface area contributed by atoms with Crippen LogP contribution in [-0.4, -0.2) is 16.5 Å². The normalized spacial score (nSPS) is 14.2. The SMILES string of the molecule is Cc1cc(NCCC2=CCCCC2)nc(Nc2ccccc2Br)n1. The number of aromatic nitrogens is 2. The van der Waals surface area contributed by atoms with E-state index in [9.17, 15) is 0 Å². The van der Waals surface area contributed by atoms with E-state index in [1.54, 1.807) is 5.57 Å². The molecule has 2 N–H and O–H groups in total. The molecule has 24 heavy (non-hydrogen) atoms. The van der Waals surface area contributed by atoms with Gasteiger partial charge in [-0.1, -0.05) is 23.8 Å². The Kier molecular flexibility index (Phi) is 5.86. The van der Waals surface area contributed by atoms with Gasteiger partial charge >= 0.3 is 0 Å². The molecule has 0 spiro atoms. The van der Waals surface area contributed by atoms with E-state index in [0.29, 0.717) is 5.95 Å². The zero-order chi connectivity index (χ0) is 16.8. The molecule has 1 heterocycles. The first-order valence-electron chi connectivity index (χ1n) is 8.50. The molecule has 4 nitrogen and oxygen atoms in total. The van der Waals surface area contributed by atoms with Crippen molar-refractivity contribution in [1.82, 2.24) is 9.97 Å². The van der Waals surface area contributed by atoms with Crippen molar-refractivity contribution in [2.45, 2.75) is 39.0 Å². The lowest BCUT2D eigenvalue weighted by molar-refractivity contribution is 0.679. The van der Waals surface area contributed by atoms with Crippen LogP contribution in [0.1, 0.15) is 37.8 Å². The van der Waals surface area contributed by atoms with Crippen LogP contribution in [-0.2, 0) is 0 Å². The summed E-state index contributed by atoms with van der Waals surface area (Å²) >= 11 is 3.54. The summed E-state index contributed by atoms with van der Waals surface area (Å²) in [7, 11) is 0. The summed E-state index contributed by atoms with van der Waals surface area (Å²) in [5.41, 5.74) is 3.48. The van der Waals surface area contributed by atoms with Gasteiger partial charge in [0.1, 0.15) is 5.82 Å². The number of nitrogens with zero attached hydrogens (tertiary/aromatic N) is 2. The first-order chi connectivity index (χ1) is 11.7. The molecule has 126 valence electrons. The minimum atomic E-state index is 0.612. The Morgan fingerprint density at radius 1 is 1.17 bits per heavy atom. The Hall–Kier alpha value is -1.88. The van der Waals surface area contributed by atoms with Crippen molar-refractivity contribution in [3.05, 3.63) is 52.1 Å². The molecule has 1 aliphatic carbocycles. The molecular formula is C19H23BrN4. The summed E-state index contributed by atoms with van der Waals surface area (Å²) < 4.78 is 0.994. The van der Waals surface area contributed by atoms with Crippen molar-refractivity contribution in [3.8, 4) is 0 Å². The van der Waals surface area contributed by atoms with Crippen molar-refractivity contribution in [2.75, 3.05) is 17.2 Å². The van der Waals surface area contributed by atoms with E-state index in [4.69, 9.17) is 0 Å². The van der Waals surface area contributed by atoms with Gasteiger partial charge in [0, 0.05) is 22.8 Å². The molecule has 1 aliphatic rings. The average Bonchev–Trinajstić information content (AvgIpc) is 2.57. The van der Waals surface area contributed by atoms with Crippen LogP contribution in [0.25, 0.3) is 0 Å². The zero-order valence-electron chi connectivity index (χ0n) is 14.0. The zero-order valence-corrected chi connectivity index (χ0v) is 15.6. The smallest absolute Gasteiger partial charge is 0.229 e. The number of hydrogen-bond donors (Lipinski definition) is 2. The molecule has 0 bridgehead atoms. The highest BCUT2D eigenvalue weighted by Crippen LogP contribution is 2.24. The third-order valence-electron chi connectivity index (χ3n) is 4.11. The molecule has 0 saturated heterocycles. The monoisotopic (exact) mass is 386 g/mol. The number of nitrogens with one attached hydrogen (secondary N) is 2. The van der Waals surface area contributed by atoms with Gasteiger partial charge in [0.25, 0.3) is 0 Å². The minimum Gasteiger partial charge on any atom is -0.370 e. The molecule has 0 amide bonds. The highest BCUT2D eigenvalue weighted by molar-refractivity contribution is 9.10. The number of hydrogen-bond acceptors (Lipinski definition) is 4. The van der Waals surface area contributed by atoms with E-state index >= 15 is 0 Å². The van der Waals surface area contributed by atoms with E-state index in [2.05, 4.69) is 42.6 Å². The molecule has 0 unspecified atom stereocenters. The third-order valence-corrected chi connectivity index (χ3v) is 4.80. The summed E-state index contributed by atoms with van der Waals surface area (Å²) in [6.07, 6.45) is 8.65. The van der Waals surface area contributed by atoms with E-state index < -0.39 is 0 Å². The second kappa shape index (κ2) is 8.29. The quantitative estimate of drug-likeness (QED) is 0.634. The fraction of sp³-hybridized carbons (Fsp3) is 0.368. The molecule has 1 aromatic heterocycles. The van der Waals surface area contributed by atoms with Crippen molar-refractivity contribution in [1.29, 1.82) is 0 Å². The van der Waals surface area contributed by atoms with Crippen LogP contribution in [0.5, 0.6) is 0 Å². The Morgan fingerprint density at radius 2 is 2.04 bits per heavy atom. The second-order valence-electron chi connectivity index (χ2n) is 6.11. The molecule has 2 aromatic rings. The van der Waals surface area contributed by atoms with Crippen molar-refractivity contribution < 1.29 is 0 Å². The number of rotatable bonds is 6. The minimum absolute atomic E-state index is 0.612. The van der Waals surface area contributed by atoms with Crippen LogP contribution < -0.4 is 10.6 Å². The largest absolute Gasteiger partial charge is 0.370 e. The van der Waals surface area contributed by atoms with Gasteiger partial charge in [-0.2, -0.15) is 4.98 Å². The summed E-state index contributed by atoms with van der Waals surface area (Å²) in [4.78, 5) is 9.05. The van der Waals surface area contributed by atoms with E-state index in [1.165, 1.54) is 25.7 Å². The predicted molar refractivity (Wildman–Crippen MR) is 104 cm³/mol. The summed E-state index contributed by atoms with van der Waals surface area (Å²) in [5, 5.41) is 6.70. The van der Waals surface area contributed by atoms with Crippen molar-refractivity contribution in [2.24, 2.45) is 0 Å². The Morgan fingerprint density at radius 3 is 2.83 bits per heavy atom. The van der Waals surface area contributed by atoms with E-state index in [-0.39, 0.29) is 0 Å². The molecule has 1 aromatic carbocycles. The number of anilines is 3. The van der Waals surface area contributed by atoms with Crippen LogP contribution in [0.3, 0.4) is 0 Å². The number of para-hydroxylation sites is 1. The van der Waals surface area contributed by atoms with Crippen LogP contribution in [0.2, 0.25) is 0 Å². The van der Waals surface area contributed by atoms with Gasteiger partial charge in [-0.15, -0.1) is 0 Å². The lowest BCUT2D eigenvalue weighted by Gasteiger charge is -2.14. The molecule has 0 fully saturated rings. The number of halogens is 1. The van der Waals surface area contributed by atoms with Gasteiger partial charge in [0.05, 0.1) is 5.69 Å². The molecule has 0 atom stereocenters. The second-order valence-corrected chi connectivity index (χ2v) is 6.96. The standard InChI is InChI=1S/C19H23BrN4/c1-14-13-18(21-12-11-15-7-3-2-4-8-15)24-19(22-14)23-17-10-6-5-9-16(17)20/h5-7,9-10,13H,2-4,8,11-12H2,1H3,(H2,21,22,23,24). The fourth-order valence-corrected chi connectivity index (χ4v) is 3.26. The molecule has 0 saturated carbocycles. The van der Waals surface area contributed by atoms with E-state index in [0.717, 1.165) is 34.6 Å². The number of benzene rings is 1. The van der Waals surface area contributed by atoms with Crippen LogP contribution in [0.15, 0.2) is 46.5 Å². The number of aryl methyl sites for hydroxylation is 1. The molecule has 0 radical (unpaired) electrons. The van der Waals surface area contributed by atoms with Gasteiger partial charge < -0.3 is 10.6 Å². The maximum atomic E-state index is 4.58. The topological polar surface area (TPSA) is 49.8 Å². The van der Waals surface area contributed by atoms with Crippen LogP contribution in [0.4, 0.5) is 17.5 Å². The highest BCUT2D eigenvalue weighted by atomic mass is 79.9. The van der Waals surface area contributed by atoms with Gasteiger partial charge in [-0.05, 0) is 67.1 Å². The van der Waals surface area contributed by atoms with Crippen LogP contribution in [0, 0.1) is 6.92 Å². The van der Waals surface area contributed by atoms with Gasteiger partial charge in [0.15, 0.2) is 0 Å². The number of allylic oxidation sites excluding steroid dienone is 1. The fourth-order valence-electron chi connectivity index (χ4n) is 2.88. The highest BCUT2D eigenvalue weighted by Gasteiger charge is 2.06. The molecular weight excluding hydrogens is 364 g/mol. The first kappa shape index (κ1) is 17.0. The maximum Gasteiger partial charge on any atom is 0.229 e. The Balaban J connectivity index is 1.63.